The van der Waals surface area contributed by atoms with Gasteiger partial charge in [-0.15, -0.1) is 0 Å². The molecular formula is C14H12S. The van der Waals surface area contributed by atoms with Gasteiger partial charge in [-0.25, -0.2) is 0 Å². The Bertz CT molecular complexity index is 402. The minimum atomic E-state index is 1.15. The van der Waals surface area contributed by atoms with E-state index in [1.165, 1.54) is 11.1 Å². The lowest BCUT2D eigenvalue weighted by molar-refractivity contribution is 1.56. The number of thiol groups is 1. The third-order valence-electron chi connectivity index (χ3n) is 2.30. The van der Waals surface area contributed by atoms with E-state index < -0.39 is 0 Å². The van der Waals surface area contributed by atoms with Crippen molar-refractivity contribution in [1.82, 2.24) is 0 Å². The molecule has 0 nitrogen and oxygen atoms in total. The van der Waals surface area contributed by atoms with Gasteiger partial charge in [0.25, 0.3) is 0 Å². The fraction of sp³-hybridized carbons (Fsp3) is 0. The zero-order chi connectivity index (χ0) is 10.5. The Balaban J connectivity index is 2.44. The first kappa shape index (κ1) is 10.1. The molecule has 0 spiro atoms. The Morgan fingerprint density at radius 2 is 1.13 bits per heavy atom. The molecule has 0 amide bonds. The van der Waals surface area contributed by atoms with Crippen LogP contribution in [0.4, 0.5) is 0 Å². The van der Waals surface area contributed by atoms with Gasteiger partial charge >= 0.3 is 0 Å². The molecule has 0 aliphatic carbocycles. The van der Waals surface area contributed by atoms with E-state index in [9.17, 15) is 0 Å². The molecule has 0 atom stereocenters. The van der Waals surface area contributed by atoms with Crippen LogP contribution in [-0.4, -0.2) is 0 Å². The number of rotatable bonds is 2. The van der Waals surface area contributed by atoms with Crippen LogP contribution in [0.2, 0.25) is 0 Å². The fourth-order valence-electron chi connectivity index (χ4n) is 1.55. The molecule has 0 aromatic heterocycles. The van der Waals surface area contributed by atoms with Gasteiger partial charge in [-0.3, -0.25) is 0 Å². The average molecular weight is 212 g/mol. The molecule has 0 N–H and O–H groups in total. The van der Waals surface area contributed by atoms with Crippen LogP contribution < -0.4 is 0 Å². The summed E-state index contributed by atoms with van der Waals surface area (Å²) in [4.78, 5) is 0. The van der Waals surface area contributed by atoms with Gasteiger partial charge in [0.05, 0.1) is 0 Å². The van der Waals surface area contributed by atoms with E-state index in [-0.39, 0.29) is 0 Å². The van der Waals surface area contributed by atoms with Crippen LogP contribution in [0, 0.1) is 0 Å². The molecule has 0 saturated carbocycles. The summed E-state index contributed by atoms with van der Waals surface area (Å²) >= 11 is 4.28. The SMILES string of the molecule is SC=C(c1ccccc1)c1ccccc1. The van der Waals surface area contributed by atoms with Crippen molar-refractivity contribution in [3.8, 4) is 0 Å². The largest absolute Gasteiger partial charge is 0.151 e. The van der Waals surface area contributed by atoms with E-state index in [4.69, 9.17) is 0 Å². The molecule has 15 heavy (non-hydrogen) atoms. The van der Waals surface area contributed by atoms with Crippen molar-refractivity contribution in [2.75, 3.05) is 0 Å². The van der Waals surface area contributed by atoms with E-state index in [1.807, 2.05) is 41.8 Å². The highest BCUT2D eigenvalue weighted by Gasteiger charge is 2.01. The zero-order valence-corrected chi connectivity index (χ0v) is 9.19. The average Bonchev–Trinajstić information content (AvgIpc) is 2.33. The van der Waals surface area contributed by atoms with Gasteiger partial charge in [0.1, 0.15) is 0 Å². The quantitative estimate of drug-likeness (QED) is 0.714. The monoisotopic (exact) mass is 212 g/mol. The maximum absolute atomic E-state index is 4.28. The molecule has 2 aromatic rings. The number of hydrogen-bond acceptors (Lipinski definition) is 1. The maximum atomic E-state index is 4.28. The van der Waals surface area contributed by atoms with Crippen molar-refractivity contribution < 1.29 is 0 Å². The molecule has 0 heterocycles. The van der Waals surface area contributed by atoms with E-state index in [1.54, 1.807) is 0 Å². The van der Waals surface area contributed by atoms with E-state index in [0.29, 0.717) is 0 Å². The lowest BCUT2D eigenvalue weighted by Crippen LogP contribution is -1.85. The molecule has 0 fully saturated rings. The van der Waals surface area contributed by atoms with Crippen LogP contribution >= 0.6 is 12.6 Å². The Morgan fingerprint density at radius 3 is 1.47 bits per heavy atom. The highest BCUT2D eigenvalue weighted by atomic mass is 32.1. The van der Waals surface area contributed by atoms with Crippen molar-refractivity contribution >= 4 is 18.2 Å². The zero-order valence-electron chi connectivity index (χ0n) is 8.30. The van der Waals surface area contributed by atoms with Crippen molar-refractivity contribution in [1.29, 1.82) is 0 Å². The van der Waals surface area contributed by atoms with Crippen molar-refractivity contribution in [2.45, 2.75) is 0 Å². The highest BCUT2D eigenvalue weighted by molar-refractivity contribution is 7.83. The Morgan fingerprint density at radius 1 is 0.733 bits per heavy atom. The minimum Gasteiger partial charge on any atom is -0.151 e. The van der Waals surface area contributed by atoms with E-state index in [0.717, 1.165) is 5.57 Å². The number of benzene rings is 2. The molecule has 74 valence electrons. The minimum absolute atomic E-state index is 1.15. The summed E-state index contributed by atoms with van der Waals surface area (Å²) in [6.07, 6.45) is 0. The summed E-state index contributed by atoms with van der Waals surface area (Å²) in [6.45, 7) is 0. The molecule has 2 aromatic carbocycles. The normalized spacial score (nSPS) is 9.67. The molecule has 0 radical (unpaired) electrons. The second kappa shape index (κ2) is 4.85. The summed E-state index contributed by atoms with van der Waals surface area (Å²) in [5.74, 6) is 0. The lowest BCUT2D eigenvalue weighted by Gasteiger charge is -2.06. The molecule has 0 unspecified atom stereocenters. The second-order valence-electron chi connectivity index (χ2n) is 3.27. The van der Waals surface area contributed by atoms with Gasteiger partial charge in [-0.1, -0.05) is 60.7 Å². The second-order valence-corrected chi connectivity index (χ2v) is 3.53. The van der Waals surface area contributed by atoms with Gasteiger partial charge in [0.15, 0.2) is 0 Å². The molecule has 0 saturated heterocycles. The first-order chi connectivity index (χ1) is 7.42. The first-order valence-electron chi connectivity index (χ1n) is 4.87. The lowest BCUT2D eigenvalue weighted by atomic mass is 10.00. The van der Waals surface area contributed by atoms with Gasteiger partial charge in [-0.05, 0) is 22.1 Å². The summed E-state index contributed by atoms with van der Waals surface area (Å²) in [5.41, 5.74) is 3.54. The van der Waals surface area contributed by atoms with Crippen LogP contribution in [0.15, 0.2) is 66.1 Å². The molecule has 0 bridgehead atoms. The standard InChI is InChI=1S/C14H12S/c15-11-14(12-7-3-1-4-8-12)13-9-5-2-6-10-13/h1-11,15H. The van der Waals surface area contributed by atoms with E-state index >= 15 is 0 Å². The summed E-state index contributed by atoms with van der Waals surface area (Å²) < 4.78 is 0. The summed E-state index contributed by atoms with van der Waals surface area (Å²) in [7, 11) is 0. The molecule has 0 aliphatic rings. The summed E-state index contributed by atoms with van der Waals surface area (Å²) in [5, 5.41) is 1.85. The van der Waals surface area contributed by atoms with Crippen LogP contribution in [-0.2, 0) is 0 Å². The van der Waals surface area contributed by atoms with Gasteiger partial charge < -0.3 is 0 Å². The maximum Gasteiger partial charge on any atom is -0.00509 e. The topological polar surface area (TPSA) is 0 Å². The van der Waals surface area contributed by atoms with Crippen LogP contribution in [0.3, 0.4) is 0 Å². The van der Waals surface area contributed by atoms with Crippen molar-refractivity contribution in [3.05, 3.63) is 77.2 Å². The van der Waals surface area contributed by atoms with Gasteiger partial charge in [-0.2, -0.15) is 12.6 Å². The Kier molecular flexibility index (Phi) is 3.25. The Hall–Kier alpha value is -1.47. The highest BCUT2D eigenvalue weighted by Crippen LogP contribution is 2.23. The molecule has 2 rings (SSSR count). The first-order valence-corrected chi connectivity index (χ1v) is 5.38. The van der Waals surface area contributed by atoms with Gasteiger partial charge in [0, 0.05) is 0 Å². The Labute approximate surface area is 95.7 Å². The van der Waals surface area contributed by atoms with Crippen molar-refractivity contribution in [3.63, 3.8) is 0 Å². The van der Waals surface area contributed by atoms with Crippen molar-refractivity contribution in [2.24, 2.45) is 0 Å². The number of hydrogen-bond donors (Lipinski definition) is 1. The molecular weight excluding hydrogens is 200 g/mol. The van der Waals surface area contributed by atoms with Crippen LogP contribution in [0.1, 0.15) is 11.1 Å². The third-order valence-corrected chi connectivity index (χ3v) is 2.56. The van der Waals surface area contributed by atoms with Gasteiger partial charge in [0.2, 0.25) is 0 Å². The van der Waals surface area contributed by atoms with Crippen LogP contribution in [0.5, 0.6) is 0 Å². The fourth-order valence-corrected chi connectivity index (χ4v) is 1.85. The third kappa shape index (κ3) is 2.31. The predicted molar refractivity (Wildman–Crippen MR) is 68.9 cm³/mol. The predicted octanol–water partition coefficient (Wildman–Crippen LogP) is 4.01. The summed E-state index contributed by atoms with van der Waals surface area (Å²) in [6, 6.07) is 20.6. The molecule has 1 heteroatoms. The smallest absolute Gasteiger partial charge is 0.00509 e. The van der Waals surface area contributed by atoms with Crippen LogP contribution in [0.25, 0.3) is 5.57 Å². The molecule has 0 aliphatic heterocycles. The van der Waals surface area contributed by atoms with E-state index in [2.05, 4.69) is 36.9 Å².